The zero-order valence-corrected chi connectivity index (χ0v) is 22.1. The van der Waals surface area contributed by atoms with E-state index in [9.17, 15) is 19.2 Å². The number of ether oxygens (including phenoxy) is 1. The number of anilines is 1. The molecular formula is C33H28N2O5. The van der Waals surface area contributed by atoms with E-state index < -0.39 is 5.97 Å². The molecule has 2 heterocycles. The number of aromatic nitrogens is 1. The Balaban J connectivity index is 1.29. The molecule has 1 aromatic heterocycles. The lowest BCUT2D eigenvalue weighted by molar-refractivity contribution is -0.122. The number of carbonyl (C=O) groups is 4. The van der Waals surface area contributed by atoms with E-state index >= 15 is 0 Å². The van der Waals surface area contributed by atoms with Gasteiger partial charge >= 0.3 is 5.97 Å². The lowest BCUT2D eigenvalue weighted by Crippen LogP contribution is -2.30. The van der Waals surface area contributed by atoms with Crippen molar-refractivity contribution in [1.82, 2.24) is 4.98 Å². The molecular weight excluding hydrogens is 504 g/mol. The van der Waals surface area contributed by atoms with Crippen molar-refractivity contribution in [3.63, 3.8) is 0 Å². The van der Waals surface area contributed by atoms with Crippen LogP contribution in [0, 0.1) is 18.8 Å². The SMILES string of the molecule is Cc1ccc2nc(-c3ccc(N4C(=O)[C@H]5CCCC[C@H]5C4=O)cc3)cc(C(=O)OCC(=O)c3ccccc3)c2c1. The molecule has 0 radical (unpaired) electrons. The first-order valence-corrected chi connectivity index (χ1v) is 13.6. The molecule has 7 heteroatoms. The van der Waals surface area contributed by atoms with Gasteiger partial charge in [0.25, 0.3) is 0 Å². The number of carbonyl (C=O) groups excluding carboxylic acids is 4. The molecule has 0 N–H and O–H groups in total. The summed E-state index contributed by atoms with van der Waals surface area (Å²) in [7, 11) is 0. The quantitative estimate of drug-likeness (QED) is 0.174. The fourth-order valence-electron chi connectivity index (χ4n) is 5.77. The van der Waals surface area contributed by atoms with Crippen LogP contribution in [0.5, 0.6) is 0 Å². The van der Waals surface area contributed by atoms with Crippen molar-refractivity contribution in [2.45, 2.75) is 32.6 Å². The molecule has 4 aromatic rings. The Bertz CT molecular complexity index is 1620. The molecule has 40 heavy (non-hydrogen) atoms. The van der Waals surface area contributed by atoms with Crippen molar-refractivity contribution in [2.75, 3.05) is 11.5 Å². The van der Waals surface area contributed by atoms with Crippen molar-refractivity contribution in [1.29, 1.82) is 0 Å². The number of fused-ring (bicyclic) bond motifs is 2. The smallest absolute Gasteiger partial charge is 0.339 e. The summed E-state index contributed by atoms with van der Waals surface area (Å²) in [6.07, 6.45) is 3.48. The molecule has 2 aliphatic rings. The number of esters is 1. The van der Waals surface area contributed by atoms with Crippen LogP contribution in [0.1, 0.15) is 52.0 Å². The van der Waals surface area contributed by atoms with Crippen LogP contribution < -0.4 is 4.90 Å². The zero-order chi connectivity index (χ0) is 27.8. The minimum atomic E-state index is -0.615. The summed E-state index contributed by atoms with van der Waals surface area (Å²) in [6.45, 7) is 1.56. The van der Waals surface area contributed by atoms with Gasteiger partial charge in [-0.1, -0.05) is 66.9 Å². The van der Waals surface area contributed by atoms with E-state index in [1.165, 1.54) is 4.90 Å². The van der Waals surface area contributed by atoms with Gasteiger partial charge in [0, 0.05) is 16.5 Å². The molecule has 2 amide bonds. The summed E-state index contributed by atoms with van der Waals surface area (Å²) in [5, 5.41) is 0.633. The Kier molecular flexibility index (Phi) is 6.72. The van der Waals surface area contributed by atoms with E-state index in [2.05, 4.69) is 0 Å². The largest absolute Gasteiger partial charge is 0.454 e. The summed E-state index contributed by atoms with van der Waals surface area (Å²) < 4.78 is 5.44. The molecule has 2 atom stereocenters. The number of hydrogen-bond acceptors (Lipinski definition) is 6. The van der Waals surface area contributed by atoms with Gasteiger partial charge in [-0.3, -0.25) is 19.3 Å². The zero-order valence-electron chi connectivity index (χ0n) is 22.1. The third kappa shape index (κ3) is 4.68. The first-order valence-electron chi connectivity index (χ1n) is 13.6. The van der Waals surface area contributed by atoms with E-state index in [-0.39, 0.29) is 36.0 Å². The van der Waals surface area contributed by atoms with Gasteiger partial charge in [0.05, 0.1) is 34.3 Å². The number of nitrogens with zero attached hydrogens (tertiary/aromatic N) is 2. The van der Waals surface area contributed by atoms with Crippen molar-refractivity contribution < 1.29 is 23.9 Å². The second-order valence-electron chi connectivity index (χ2n) is 10.5. The van der Waals surface area contributed by atoms with Crippen molar-refractivity contribution in [3.8, 4) is 11.3 Å². The predicted molar refractivity (Wildman–Crippen MR) is 151 cm³/mol. The Labute approximate surface area is 231 Å². The van der Waals surface area contributed by atoms with E-state index in [0.29, 0.717) is 33.4 Å². The van der Waals surface area contributed by atoms with Gasteiger partial charge in [-0.2, -0.15) is 0 Å². The molecule has 1 saturated carbocycles. The molecule has 0 spiro atoms. The molecule has 1 aliphatic carbocycles. The fraction of sp³-hybridized carbons (Fsp3) is 0.242. The van der Waals surface area contributed by atoms with Crippen LogP contribution in [0.15, 0.2) is 78.9 Å². The van der Waals surface area contributed by atoms with Crippen LogP contribution in [0.3, 0.4) is 0 Å². The van der Waals surface area contributed by atoms with Crippen molar-refractivity contribution in [2.24, 2.45) is 11.8 Å². The number of ketones is 1. The first-order chi connectivity index (χ1) is 19.4. The van der Waals surface area contributed by atoms with Crippen LogP contribution in [0.25, 0.3) is 22.2 Å². The second kappa shape index (κ2) is 10.5. The minimum absolute atomic E-state index is 0.114. The normalized spacial score (nSPS) is 18.6. The van der Waals surface area contributed by atoms with Crippen molar-refractivity contribution in [3.05, 3.63) is 95.6 Å². The number of pyridine rings is 1. The molecule has 1 saturated heterocycles. The second-order valence-corrected chi connectivity index (χ2v) is 10.5. The Morgan fingerprint density at radius 3 is 2.23 bits per heavy atom. The van der Waals surface area contributed by atoms with Crippen LogP contribution in [0.2, 0.25) is 0 Å². The van der Waals surface area contributed by atoms with Crippen LogP contribution in [-0.2, 0) is 14.3 Å². The van der Waals surface area contributed by atoms with Crippen LogP contribution >= 0.6 is 0 Å². The van der Waals surface area contributed by atoms with E-state index in [4.69, 9.17) is 9.72 Å². The van der Waals surface area contributed by atoms with Gasteiger partial charge in [0.1, 0.15) is 0 Å². The number of Topliss-reactive ketones (excluding diaryl/α,β-unsaturated/α-hetero) is 1. The summed E-state index contributed by atoms with van der Waals surface area (Å²) in [5.41, 5.74) is 4.16. The topological polar surface area (TPSA) is 93.6 Å². The van der Waals surface area contributed by atoms with Gasteiger partial charge in [-0.05, 0) is 50.1 Å². The summed E-state index contributed by atoms with van der Waals surface area (Å²) in [6, 6.07) is 23.1. The number of hydrogen-bond donors (Lipinski definition) is 0. The molecule has 0 bridgehead atoms. The maximum atomic E-state index is 13.2. The van der Waals surface area contributed by atoms with Gasteiger partial charge in [-0.25, -0.2) is 9.78 Å². The predicted octanol–water partition coefficient (Wildman–Crippen LogP) is 5.93. The maximum Gasteiger partial charge on any atom is 0.339 e. The molecule has 1 aliphatic heterocycles. The summed E-state index contributed by atoms with van der Waals surface area (Å²) in [5.74, 6) is -1.56. The van der Waals surface area contributed by atoms with Crippen LogP contribution in [0.4, 0.5) is 5.69 Å². The Hall–Kier alpha value is -4.65. The Morgan fingerprint density at radius 2 is 1.55 bits per heavy atom. The number of benzene rings is 3. The van der Waals surface area contributed by atoms with Crippen molar-refractivity contribution >= 4 is 40.2 Å². The highest BCUT2D eigenvalue weighted by Crippen LogP contribution is 2.40. The van der Waals surface area contributed by atoms with Gasteiger partial charge in [0.15, 0.2) is 12.4 Å². The highest BCUT2D eigenvalue weighted by Gasteiger charge is 2.48. The minimum Gasteiger partial charge on any atom is -0.454 e. The highest BCUT2D eigenvalue weighted by molar-refractivity contribution is 6.22. The lowest BCUT2D eigenvalue weighted by atomic mass is 9.81. The number of imide groups is 1. The summed E-state index contributed by atoms with van der Waals surface area (Å²) in [4.78, 5) is 57.9. The molecule has 3 aromatic carbocycles. The van der Waals surface area contributed by atoms with E-state index in [1.807, 2.05) is 31.2 Å². The van der Waals surface area contributed by atoms with E-state index in [1.54, 1.807) is 54.6 Å². The van der Waals surface area contributed by atoms with Gasteiger partial charge in [0.2, 0.25) is 11.8 Å². The monoisotopic (exact) mass is 532 g/mol. The van der Waals surface area contributed by atoms with Gasteiger partial charge in [-0.15, -0.1) is 0 Å². The summed E-state index contributed by atoms with van der Waals surface area (Å²) >= 11 is 0. The third-order valence-electron chi connectivity index (χ3n) is 7.88. The molecule has 6 rings (SSSR count). The Morgan fingerprint density at radius 1 is 0.875 bits per heavy atom. The maximum absolute atomic E-state index is 13.2. The lowest BCUT2D eigenvalue weighted by Gasteiger charge is -2.19. The van der Waals surface area contributed by atoms with Gasteiger partial charge < -0.3 is 4.74 Å². The highest BCUT2D eigenvalue weighted by atomic mass is 16.5. The average molecular weight is 533 g/mol. The number of aryl methyl sites for hydroxylation is 1. The average Bonchev–Trinajstić information content (AvgIpc) is 3.25. The molecule has 7 nitrogen and oxygen atoms in total. The third-order valence-corrected chi connectivity index (χ3v) is 7.88. The number of rotatable bonds is 6. The molecule has 2 fully saturated rings. The number of amides is 2. The molecule has 0 unspecified atom stereocenters. The fourth-order valence-corrected chi connectivity index (χ4v) is 5.77. The standard InChI is InChI=1S/C33H28N2O5/c1-20-11-16-28-26(17-20)27(33(39)40-19-30(36)22-7-3-2-4-8-22)18-29(34-28)21-12-14-23(15-13-21)35-31(37)24-9-5-6-10-25(24)32(35)38/h2-4,7-8,11-18,24-25H,5-6,9-10,19H2,1H3/t24-,25+. The first kappa shape index (κ1) is 25.6. The molecule has 200 valence electrons. The van der Waals surface area contributed by atoms with Crippen LogP contribution in [-0.4, -0.2) is 35.2 Å². The van der Waals surface area contributed by atoms with E-state index in [0.717, 1.165) is 36.8 Å².